The number of aliphatic carboxylic acids is 1. The van der Waals surface area contributed by atoms with E-state index in [1.54, 1.807) is 12.1 Å². The Hall–Kier alpha value is -2.45. The molecule has 0 fully saturated rings. The molecule has 0 aliphatic heterocycles. The van der Waals surface area contributed by atoms with Gasteiger partial charge in [-0.1, -0.05) is 37.8 Å². The highest BCUT2D eigenvalue weighted by Crippen LogP contribution is 2.34. The van der Waals surface area contributed by atoms with E-state index in [2.05, 4.69) is 10.2 Å². The summed E-state index contributed by atoms with van der Waals surface area (Å²) in [4.78, 5) is 22.7. The molecule has 1 aromatic carbocycles. The van der Waals surface area contributed by atoms with Gasteiger partial charge in [-0.15, -0.1) is 0 Å². The van der Waals surface area contributed by atoms with E-state index in [4.69, 9.17) is 21.4 Å². The van der Waals surface area contributed by atoms with E-state index in [1.807, 2.05) is 26.0 Å². The Balaban J connectivity index is 0.00000196. The summed E-state index contributed by atoms with van der Waals surface area (Å²) < 4.78 is 7.99. The number of aromatic nitrogens is 3. The maximum Gasteiger partial charge on any atom is 0.308 e. The molecule has 0 bridgehead atoms. The van der Waals surface area contributed by atoms with Gasteiger partial charge in [0.15, 0.2) is 0 Å². The first-order valence-corrected chi connectivity index (χ1v) is 9.06. The van der Waals surface area contributed by atoms with Crippen LogP contribution in [0.5, 0.6) is 5.75 Å². The summed E-state index contributed by atoms with van der Waals surface area (Å²) in [6.45, 7) is 3.78. The minimum absolute atomic E-state index is 0. The van der Waals surface area contributed by atoms with Crippen LogP contribution >= 0.6 is 22.9 Å². The molecule has 9 heteroatoms. The summed E-state index contributed by atoms with van der Waals surface area (Å²) in [5.74, 6) is -0.531. The van der Waals surface area contributed by atoms with Gasteiger partial charge in [0, 0.05) is 12.6 Å². The van der Waals surface area contributed by atoms with Crippen LogP contribution in [0.3, 0.4) is 0 Å². The molecule has 1 N–H and O–H groups in total. The van der Waals surface area contributed by atoms with Crippen LogP contribution in [0.15, 0.2) is 29.1 Å². The van der Waals surface area contributed by atoms with Gasteiger partial charge in [-0.05, 0) is 32.0 Å². The zero-order valence-electron chi connectivity index (χ0n) is 14.1. The number of carboxylic acids is 1. The number of benzene rings is 1. The van der Waals surface area contributed by atoms with Gasteiger partial charge >= 0.3 is 10.8 Å². The molecule has 0 aliphatic carbocycles. The van der Waals surface area contributed by atoms with Gasteiger partial charge in [-0.3, -0.25) is 14.2 Å². The van der Waals surface area contributed by atoms with Crippen molar-refractivity contribution in [2.45, 2.75) is 47.8 Å². The molecule has 2 aromatic heterocycles. The van der Waals surface area contributed by atoms with E-state index in [1.165, 1.54) is 4.57 Å². The van der Waals surface area contributed by atoms with Crippen molar-refractivity contribution in [2.75, 3.05) is 0 Å². The molecule has 0 saturated heterocycles. The highest BCUT2D eigenvalue weighted by Gasteiger charge is 2.16. The summed E-state index contributed by atoms with van der Waals surface area (Å²) in [6.07, 6.45) is -0.506. The highest BCUT2D eigenvalue weighted by atomic mass is 35.5. The van der Waals surface area contributed by atoms with E-state index in [9.17, 15) is 9.59 Å². The van der Waals surface area contributed by atoms with Crippen molar-refractivity contribution in [1.82, 2.24) is 14.8 Å². The lowest BCUT2D eigenvalue weighted by Gasteiger charge is -2.15. The second-order valence-electron chi connectivity index (χ2n) is 5.77. The zero-order chi connectivity index (χ0) is 18.8. The smallest absolute Gasteiger partial charge is 0.308 e. The fourth-order valence-electron chi connectivity index (χ4n) is 2.45. The van der Waals surface area contributed by atoms with Gasteiger partial charge in [0.05, 0.1) is 27.4 Å². The molecule has 0 unspecified atom stereocenters. The molecule has 3 aromatic rings. The SMILES string of the molecule is C.C.Cc1ccc([C@H](C)Oc2cc3sc(=O)n(CCC(=O)O)c3cc2Cl)nn1. The second kappa shape index (κ2) is 9.66. The van der Waals surface area contributed by atoms with Crippen LogP contribution in [0.2, 0.25) is 5.02 Å². The lowest BCUT2D eigenvalue weighted by Crippen LogP contribution is -2.15. The molecule has 152 valence electrons. The van der Waals surface area contributed by atoms with E-state index < -0.39 is 5.97 Å². The fourth-order valence-corrected chi connectivity index (χ4v) is 3.58. The average molecular weight is 426 g/mol. The quantitative estimate of drug-likeness (QED) is 0.615. The molecule has 0 spiro atoms. The predicted octanol–water partition coefficient (Wildman–Crippen LogP) is 4.70. The molecule has 0 amide bonds. The normalized spacial score (nSPS) is 11.4. The minimum atomic E-state index is -0.963. The van der Waals surface area contributed by atoms with Gasteiger partial charge < -0.3 is 9.84 Å². The topological polar surface area (TPSA) is 94.3 Å². The number of rotatable bonds is 6. The van der Waals surface area contributed by atoms with Gasteiger partial charge in [-0.25, -0.2) is 0 Å². The van der Waals surface area contributed by atoms with Crippen LogP contribution in [-0.2, 0) is 11.3 Å². The zero-order valence-corrected chi connectivity index (χ0v) is 15.7. The molecule has 0 radical (unpaired) electrons. The molecule has 28 heavy (non-hydrogen) atoms. The molecule has 0 saturated carbocycles. The summed E-state index contributed by atoms with van der Waals surface area (Å²) in [7, 11) is 0. The number of carboxylic acid groups (broad SMARTS) is 1. The summed E-state index contributed by atoms with van der Waals surface area (Å²) in [6, 6.07) is 7.00. The Labute approximate surface area is 172 Å². The maximum atomic E-state index is 12.1. The van der Waals surface area contributed by atoms with E-state index in [-0.39, 0.29) is 38.8 Å². The number of hydrogen-bond donors (Lipinski definition) is 1. The lowest BCUT2D eigenvalue weighted by molar-refractivity contribution is -0.137. The average Bonchev–Trinajstić information content (AvgIpc) is 2.88. The Bertz CT molecular complexity index is 1010. The monoisotopic (exact) mass is 425 g/mol. The van der Waals surface area contributed by atoms with Gasteiger partial charge in [-0.2, -0.15) is 10.2 Å². The Morgan fingerprint density at radius 2 is 2.04 bits per heavy atom. The first kappa shape index (κ1) is 23.6. The van der Waals surface area contributed by atoms with Crippen LogP contribution < -0.4 is 9.61 Å². The molecule has 7 nitrogen and oxygen atoms in total. The van der Waals surface area contributed by atoms with E-state index in [0.717, 1.165) is 17.0 Å². The third-order valence-electron chi connectivity index (χ3n) is 3.81. The number of nitrogens with zero attached hydrogens (tertiary/aromatic N) is 3. The lowest BCUT2D eigenvalue weighted by atomic mass is 10.2. The predicted molar refractivity (Wildman–Crippen MR) is 113 cm³/mol. The third-order valence-corrected chi connectivity index (χ3v) is 5.05. The number of thiazole rings is 1. The number of hydrogen-bond acceptors (Lipinski definition) is 6. The number of ether oxygens (including phenoxy) is 1. The minimum Gasteiger partial charge on any atom is -0.483 e. The molecule has 3 rings (SSSR count). The molecule has 2 heterocycles. The van der Waals surface area contributed by atoms with E-state index in [0.29, 0.717) is 26.7 Å². The summed E-state index contributed by atoms with van der Waals surface area (Å²) >= 11 is 7.34. The van der Waals surface area contributed by atoms with Crippen LogP contribution in [-0.4, -0.2) is 25.8 Å². The van der Waals surface area contributed by atoms with Crippen LogP contribution in [0.1, 0.15) is 45.7 Å². The van der Waals surface area contributed by atoms with Crippen molar-refractivity contribution in [2.24, 2.45) is 0 Å². The van der Waals surface area contributed by atoms with Gasteiger partial charge in [0.25, 0.3) is 0 Å². The Kier molecular flexibility index (Phi) is 8.14. The third kappa shape index (κ3) is 5.08. The number of aryl methyl sites for hydroxylation is 2. The van der Waals surface area contributed by atoms with Gasteiger partial charge in [0.2, 0.25) is 0 Å². The van der Waals surface area contributed by atoms with Gasteiger partial charge in [0.1, 0.15) is 17.5 Å². The van der Waals surface area contributed by atoms with Crippen LogP contribution in [0, 0.1) is 6.92 Å². The Morgan fingerprint density at radius 3 is 2.64 bits per heavy atom. The van der Waals surface area contributed by atoms with Crippen molar-refractivity contribution in [3.05, 3.63) is 50.3 Å². The van der Waals surface area contributed by atoms with Crippen molar-refractivity contribution in [1.29, 1.82) is 0 Å². The van der Waals surface area contributed by atoms with Crippen molar-refractivity contribution in [3.8, 4) is 5.75 Å². The summed E-state index contributed by atoms with van der Waals surface area (Å²) in [5.41, 5.74) is 2.08. The Morgan fingerprint density at radius 1 is 1.32 bits per heavy atom. The largest absolute Gasteiger partial charge is 0.483 e. The van der Waals surface area contributed by atoms with Crippen LogP contribution in [0.4, 0.5) is 0 Å². The standard InChI is InChI=1S/C17H16ClN3O4S.2CH4/c1-9-3-4-12(20-19-9)10(2)25-14-8-15-13(7-11(14)18)21(17(24)26-15)6-5-16(22)23;;/h3-4,7-8,10H,5-6H2,1-2H3,(H,22,23);2*1H4/t10-;;/m0../s1. The van der Waals surface area contributed by atoms with Crippen LogP contribution in [0.25, 0.3) is 10.2 Å². The fraction of sp³-hybridized carbons (Fsp3) is 0.368. The molecule has 0 aliphatic rings. The number of halogens is 1. The first-order valence-electron chi connectivity index (χ1n) is 7.86. The first-order chi connectivity index (χ1) is 12.3. The highest BCUT2D eigenvalue weighted by molar-refractivity contribution is 7.16. The maximum absolute atomic E-state index is 12.1. The van der Waals surface area contributed by atoms with Crippen molar-refractivity contribution >= 4 is 39.1 Å². The number of carbonyl (C=O) groups is 1. The van der Waals surface area contributed by atoms with E-state index >= 15 is 0 Å². The van der Waals surface area contributed by atoms with Crippen molar-refractivity contribution < 1.29 is 14.6 Å². The number of fused-ring (bicyclic) bond motifs is 1. The summed E-state index contributed by atoms with van der Waals surface area (Å²) in [5, 5.41) is 17.3. The molecule has 1 atom stereocenters. The molecular weight excluding hydrogens is 402 g/mol. The van der Waals surface area contributed by atoms with Crippen molar-refractivity contribution in [3.63, 3.8) is 0 Å². The second-order valence-corrected chi connectivity index (χ2v) is 7.17. The molecular formula is C19H24ClN3O4S.